The monoisotopic (exact) mass is 220 g/mol. The smallest absolute Gasteiger partial charge is 0.147 e. The molecule has 0 radical (unpaired) electrons. The lowest BCUT2D eigenvalue weighted by atomic mass is 10.1. The minimum Gasteiger partial charge on any atom is -0.381 e. The second-order valence-corrected chi connectivity index (χ2v) is 4.41. The fourth-order valence-electron chi connectivity index (χ4n) is 2.49. The molecule has 1 aliphatic carbocycles. The van der Waals surface area contributed by atoms with Crippen LogP contribution in [0, 0.1) is 0 Å². The van der Waals surface area contributed by atoms with Crippen molar-refractivity contribution in [3.8, 4) is 0 Å². The van der Waals surface area contributed by atoms with Gasteiger partial charge in [0.05, 0.1) is 6.61 Å². The number of nitrogen functional groups attached to an aromatic ring is 1. The summed E-state index contributed by atoms with van der Waals surface area (Å²) in [5.74, 6) is 7.57. The maximum absolute atomic E-state index is 5.52. The minimum atomic E-state index is 0.345. The van der Waals surface area contributed by atoms with Crippen molar-refractivity contribution in [3.05, 3.63) is 17.1 Å². The number of hydrazine groups is 1. The molecule has 0 aromatic carbocycles. The Hall–Kier alpha value is -1.20. The van der Waals surface area contributed by atoms with Crippen molar-refractivity contribution in [2.75, 3.05) is 18.6 Å². The minimum absolute atomic E-state index is 0.345. The second-order valence-electron chi connectivity index (χ2n) is 4.41. The molecule has 86 valence electrons. The molecule has 1 unspecified atom stereocenters. The normalized spacial score (nSPS) is 23.4. The second kappa shape index (κ2) is 3.99. The molecule has 1 saturated heterocycles. The lowest BCUT2D eigenvalue weighted by Crippen LogP contribution is -2.15. The molecule has 1 atom stereocenters. The Balaban J connectivity index is 2.00. The molecule has 0 spiro atoms. The Morgan fingerprint density at radius 1 is 1.31 bits per heavy atom. The molecule has 2 heterocycles. The summed E-state index contributed by atoms with van der Waals surface area (Å²) in [5.41, 5.74) is 5.07. The van der Waals surface area contributed by atoms with Crippen LogP contribution in [0.15, 0.2) is 0 Å². The quantitative estimate of drug-likeness (QED) is 0.568. The summed E-state index contributed by atoms with van der Waals surface area (Å²) in [6, 6.07) is 0. The van der Waals surface area contributed by atoms with Crippen LogP contribution in [0.3, 0.4) is 0 Å². The van der Waals surface area contributed by atoms with Gasteiger partial charge in [0.2, 0.25) is 0 Å². The van der Waals surface area contributed by atoms with Gasteiger partial charge in [0.1, 0.15) is 11.6 Å². The van der Waals surface area contributed by atoms with Gasteiger partial charge in [-0.15, -0.1) is 0 Å². The summed E-state index contributed by atoms with van der Waals surface area (Å²) in [6.45, 7) is 1.55. The number of aromatic nitrogens is 2. The number of anilines is 1. The maximum atomic E-state index is 5.52. The zero-order chi connectivity index (χ0) is 11.0. The van der Waals surface area contributed by atoms with E-state index in [0.717, 1.165) is 50.5 Å². The molecule has 0 saturated carbocycles. The molecule has 0 bridgehead atoms. The van der Waals surface area contributed by atoms with E-state index >= 15 is 0 Å². The van der Waals surface area contributed by atoms with Crippen LogP contribution in [0.1, 0.15) is 35.8 Å². The predicted molar refractivity (Wildman–Crippen MR) is 60.0 cm³/mol. The van der Waals surface area contributed by atoms with Gasteiger partial charge in [-0.05, 0) is 25.7 Å². The largest absolute Gasteiger partial charge is 0.381 e. The van der Waals surface area contributed by atoms with Crippen LogP contribution in [0.25, 0.3) is 0 Å². The number of ether oxygens (including phenoxy) is 1. The van der Waals surface area contributed by atoms with Gasteiger partial charge in [0, 0.05) is 23.8 Å². The van der Waals surface area contributed by atoms with Gasteiger partial charge in [0.25, 0.3) is 0 Å². The van der Waals surface area contributed by atoms with E-state index in [1.165, 1.54) is 11.3 Å². The third-order valence-electron chi connectivity index (χ3n) is 3.38. The third-order valence-corrected chi connectivity index (χ3v) is 3.38. The Morgan fingerprint density at radius 3 is 3.00 bits per heavy atom. The summed E-state index contributed by atoms with van der Waals surface area (Å²) < 4.78 is 5.37. The number of fused-ring (bicyclic) bond motifs is 1. The van der Waals surface area contributed by atoms with Gasteiger partial charge in [0.15, 0.2) is 0 Å². The van der Waals surface area contributed by atoms with Crippen molar-refractivity contribution >= 4 is 5.82 Å². The van der Waals surface area contributed by atoms with E-state index in [4.69, 9.17) is 10.6 Å². The van der Waals surface area contributed by atoms with Gasteiger partial charge >= 0.3 is 0 Å². The van der Waals surface area contributed by atoms with Crippen molar-refractivity contribution in [1.29, 1.82) is 0 Å². The highest BCUT2D eigenvalue weighted by atomic mass is 16.5. The number of hydrogen-bond donors (Lipinski definition) is 2. The van der Waals surface area contributed by atoms with Crippen LogP contribution in [0.2, 0.25) is 0 Å². The Kier molecular flexibility index (Phi) is 2.49. The highest BCUT2D eigenvalue weighted by Crippen LogP contribution is 2.29. The zero-order valence-corrected chi connectivity index (χ0v) is 9.20. The lowest BCUT2D eigenvalue weighted by Gasteiger charge is -2.12. The topological polar surface area (TPSA) is 73.1 Å². The molecule has 5 nitrogen and oxygen atoms in total. The van der Waals surface area contributed by atoms with E-state index in [9.17, 15) is 0 Å². The van der Waals surface area contributed by atoms with Crippen LogP contribution >= 0.6 is 0 Å². The zero-order valence-electron chi connectivity index (χ0n) is 9.20. The summed E-state index contributed by atoms with van der Waals surface area (Å²) in [4.78, 5) is 9.17. The highest BCUT2D eigenvalue weighted by Gasteiger charge is 2.25. The predicted octanol–water partition coefficient (Wildman–Crippen LogP) is 0.755. The molecular formula is C11H16N4O. The van der Waals surface area contributed by atoms with Gasteiger partial charge < -0.3 is 10.2 Å². The van der Waals surface area contributed by atoms with Crippen LogP contribution in [-0.4, -0.2) is 23.2 Å². The average Bonchev–Trinajstić information content (AvgIpc) is 2.97. The molecule has 16 heavy (non-hydrogen) atoms. The van der Waals surface area contributed by atoms with E-state index in [1.807, 2.05) is 0 Å². The van der Waals surface area contributed by atoms with E-state index in [-0.39, 0.29) is 0 Å². The molecule has 1 aliphatic heterocycles. The SMILES string of the molecule is NNc1nc(C2CCOC2)nc2c1CCC2. The maximum Gasteiger partial charge on any atom is 0.147 e. The standard InChI is InChI=1S/C11H16N4O/c12-15-11-8-2-1-3-9(8)13-10(14-11)7-4-5-16-6-7/h7H,1-6,12H2,(H,13,14,15). The van der Waals surface area contributed by atoms with Crippen molar-refractivity contribution < 1.29 is 4.74 Å². The van der Waals surface area contributed by atoms with Gasteiger partial charge in [-0.2, -0.15) is 0 Å². The summed E-state index contributed by atoms with van der Waals surface area (Å²) >= 11 is 0. The number of nitrogens with zero attached hydrogens (tertiary/aromatic N) is 2. The van der Waals surface area contributed by atoms with Crippen LogP contribution in [0.5, 0.6) is 0 Å². The van der Waals surface area contributed by atoms with Crippen molar-refractivity contribution in [2.24, 2.45) is 5.84 Å². The van der Waals surface area contributed by atoms with Gasteiger partial charge in [-0.1, -0.05) is 0 Å². The van der Waals surface area contributed by atoms with Crippen molar-refractivity contribution in [1.82, 2.24) is 9.97 Å². The lowest BCUT2D eigenvalue weighted by molar-refractivity contribution is 0.193. The van der Waals surface area contributed by atoms with E-state index in [0.29, 0.717) is 5.92 Å². The number of aryl methyl sites for hydroxylation is 1. The van der Waals surface area contributed by atoms with Crippen LogP contribution in [0.4, 0.5) is 5.82 Å². The summed E-state index contributed by atoms with van der Waals surface area (Å²) in [5, 5.41) is 0. The Bertz CT molecular complexity index is 401. The number of nitrogens with one attached hydrogen (secondary N) is 1. The van der Waals surface area contributed by atoms with Crippen molar-refractivity contribution in [3.63, 3.8) is 0 Å². The number of rotatable bonds is 2. The van der Waals surface area contributed by atoms with E-state index < -0.39 is 0 Å². The number of hydrogen-bond acceptors (Lipinski definition) is 5. The van der Waals surface area contributed by atoms with Gasteiger partial charge in [-0.3, -0.25) is 0 Å². The molecule has 3 N–H and O–H groups in total. The van der Waals surface area contributed by atoms with E-state index in [2.05, 4.69) is 15.4 Å². The number of nitrogens with two attached hydrogens (primary N) is 1. The fourth-order valence-corrected chi connectivity index (χ4v) is 2.49. The van der Waals surface area contributed by atoms with Crippen LogP contribution in [-0.2, 0) is 17.6 Å². The highest BCUT2D eigenvalue weighted by molar-refractivity contribution is 5.48. The first-order valence-electron chi connectivity index (χ1n) is 5.82. The Labute approximate surface area is 94.4 Å². The molecule has 2 aliphatic rings. The molecule has 1 fully saturated rings. The molecule has 5 heteroatoms. The van der Waals surface area contributed by atoms with Crippen LogP contribution < -0.4 is 11.3 Å². The van der Waals surface area contributed by atoms with Gasteiger partial charge in [-0.25, -0.2) is 15.8 Å². The first kappa shape index (κ1) is 9.99. The fraction of sp³-hybridized carbons (Fsp3) is 0.636. The molecular weight excluding hydrogens is 204 g/mol. The average molecular weight is 220 g/mol. The molecule has 3 rings (SSSR count). The first-order valence-corrected chi connectivity index (χ1v) is 5.82. The summed E-state index contributed by atoms with van der Waals surface area (Å²) in [6.07, 6.45) is 4.26. The van der Waals surface area contributed by atoms with E-state index in [1.54, 1.807) is 0 Å². The third kappa shape index (κ3) is 1.56. The Morgan fingerprint density at radius 2 is 2.25 bits per heavy atom. The molecule has 1 aromatic rings. The summed E-state index contributed by atoms with van der Waals surface area (Å²) in [7, 11) is 0. The first-order chi connectivity index (χ1) is 7.88. The van der Waals surface area contributed by atoms with Crippen molar-refractivity contribution in [2.45, 2.75) is 31.6 Å². The molecule has 1 aromatic heterocycles. The molecule has 0 amide bonds.